The molecule has 2 heterocycles. The van der Waals surface area contributed by atoms with Gasteiger partial charge in [0.05, 0.1) is 18.2 Å². The van der Waals surface area contributed by atoms with E-state index in [4.69, 9.17) is 0 Å². The van der Waals surface area contributed by atoms with E-state index < -0.39 is 0 Å². The SMILES string of the molecule is CNC(=O)C[C@H]1CN(C)Cc2ccnn21. The summed E-state index contributed by atoms with van der Waals surface area (Å²) in [7, 11) is 3.73. The molecule has 1 N–H and O–H groups in total. The molecule has 0 saturated heterocycles. The van der Waals surface area contributed by atoms with E-state index in [0.29, 0.717) is 6.42 Å². The highest BCUT2D eigenvalue weighted by Crippen LogP contribution is 2.21. The number of carbonyl (C=O) groups excluding carboxylic acids is 1. The van der Waals surface area contributed by atoms with Crippen molar-refractivity contribution in [2.75, 3.05) is 20.6 Å². The minimum atomic E-state index is 0.0664. The molecule has 82 valence electrons. The van der Waals surface area contributed by atoms with Crippen molar-refractivity contribution in [3.05, 3.63) is 18.0 Å². The fraction of sp³-hybridized carbons (Fsp3) is 0.600. The lowest BCUT2D eigenvalue weighted by Crippen LogP contribution is -2.37. The Morgan fingerprint density at radius 2 is 2.53 bits per heavy atom. The molecular weight excluding hydrogens is 192 g/mol. The number of hydrogen-bond acceptors (Lipinski definition) is 3. The van der Waals surface area contributed by atoms with Crippen molar-refractivity contribution in [1.82, 2.24) is 20.0 Å². The molecule has 1 atom stereocenters. The van der Waals surface area contributed by atoms with E-state index in [1.54, 1.807) is 13.2 Å². The molecule has 0 spiro atoms. The number of nitrogens with zero attached hydrogens (tertiary/aromatic N) is 3. The molecule has 0 aromatic carbocycles. The highest BCUT2D eigenvalue weighted by molar-refractivity contribution is 5.76. The van der Waals surface area contributed by atoms with E-state index in [1.807, 2.05) is 10.7 Å². The molecule has 5 nitrogen and oxygen atoms in total. The normalized spacial score (nSPS) is 21.1. The second-order valence-electron chi connectivity index (χ2n) is 3.99. The summed E-state index contributed by atoms with van der Waals surface area (Å²) in [6.45, 7) is 1.78. The Hall–Kier alpha value is -1.36. The topological polar surface area (TPSA) is 50.2 Å². The van der Waals surface area contributed by atoms with Gasteiger partial charge >= 0.3 is 0 Å². The quantitative estimate of drug-likeness (QED) is 0.744. The molecule has 0 radical (unpaired) electrons. The van der Waals surface area contributed by atoms with Crippen LogP contribution in [0.25, 0.3) is 0 Å². The number of fused-ring (bicyclic) bond motifs is 1. The Morgan fingerprint density at radius 1 is 1.73 bits per heavy atom. The van der Waals surface area contributed by atoms with E-state index in [1.165, 1.54) is 5.69 Å². The summed E-state index contributed by atoms with van der Waals surface area (Å²) in [5.74, 6) is 0.0664. The molecule has 1 aromatic heterocycles. The van der Waals surface area contributed by atoms with Gasteiger partial charge < -0.3 is 5.32 Å². The lowest BCUT2D eigenvalue weighted by atomic mass is 10.1. The zero-order valence-corrected chi connectivity index (χ0v) is 9.10. The van der Waals surface area contributed by atoms with Crippen molar-refractivity contribution in [3.8, 4) is 0 Å². The second kappa shape index (κ2) is 4.02. The third-order valence-electron chi connectivity index (χ3n) is 2.75. The van der Waals surface area contributed by atoms with Crippen LogP contribution in [-0.4, -0.2) is 41.2 Å². The Bertz CT molecular complexity index is 360. The standard InChI is InChI=1S/C10H16N4O/c1-11-10(15)5-9-7-13(2)6-8-3-4-12-14(8)9/h3-4,9H,5-7H2,1-2H3,(H,11,15)/t9-/m0/s1. The number of likely N-dealkylation sites (N-methyl/N-ethyl adjacent to an activating group) is 1. The van der Waals surface area contributed by atoms with E-state index in [9.17, 15) is 4.79 Å². The number of hydrogen-bond donors (Lipinski definition) is 1. The molecule has 1 amide bonds. The number of amides is 1. The maximum atomic E-state index is 11.3. The lowest BCUT2D eigenvalue weighted by Gasteiger charge is -2.30. The Morgan fingerprint density at radius 3 is 3.27 bits per heavy atom. The zero-order valence-electron chi connectivity index (χ0n) is 9.10. The molecule has 1 aromatic rings. The first-order valence-electron chi connectivity index (χ1n) is 5.12. The average molecular weight is 208 g/mol. The molecule has 0 aliphatic carbocycles. The van der Waals surface area contributed by atoms with Gasteiger partial charge in [0.15, 0.2) is 0 Å². The summed E-state index contributed by atoms with van der Waals surface area (Å²) in [6.07, 6.45) is 2.29. The molecule has 1 aliphatic rings. The van der Waals surface area contributed by atoms with Crippen molar-refractivity contribution in [2.24, 2.45) is 0 Å². The van der Waals surface area contributed by atoms with Crippen LogP contribution in [0.5, 0.6) is 0 Å². The van der Waals surface area contributed by atoms with Crippen molar-refractivity contribution in [3.63, 3.8) is 0 Å². The first-order chi connectivity index (χ1) is 7.20. The summed E-state index contributed by atoms with van der Waals surface area (Å²) < 4.78 is 1.97. The van der Waals surface area contributed by atoms with Crippen molar-refractivity contribution < 1.29 is 4.79 Å². The highest BCUT2D eigenvalue weighted by atomic mass is 16.1. The van der Waals surface area contributed by atoms with Crippen LogP contribution in [0.2, 0.25) is 0 Å². The van der Waals surface area contributed by atoms with Crippen molar-refractivity contribution >= 4 is 5.91 Å². The molecular formula is C10H16N4O. The van der Waals surface area contributed by atoms with Gasteiger partial charge in [0.2, 0.25) is 5.91 Å². The van der Waals surface area contributed by atoms with Gasteiger partial charge in [-0.05, 0) is 13.1 Å². The van der Waals surface area contributed by atoms with Crippen LogP contribution in [0, 0.1) is 0 Å². The highest BCUT2D eigenvalue weighted by Gasteiger charge is 2.24. The number of carbonyl (C=O) groups is 1. The molecule has 2 rings (SSSR count). The van der Waals surface area contributed by atoms with E-state index >= 15 is 0 Å². The molecule has 0 saturated carbocycles. The fourth-order valence-electron chi connectivity index (χ4n) is 2.04. The Kier molecular flexibility index (Phi) is 2.73. The van der Waals surface area contributed by atoms with Crippen LogP contribution in [0.4, 0.5) is 0 Å². The second-order valence-corrected chi connectivity index (χ2v) is 3.99. The smallest absolute Gasteiger partial charge is 0.221 e. The Labute approximate surface area is 89.1 Å². The van der Waals surface area contributed by atoms with Crippen molar-refractivity contribution in [1.29, 1.82) is 0 Å². The number of rotatable bonds is 2. The van der Waals surface area contributed by atoms with Gasteiger partial charge in [-0.2, -0.15) is 5.10 Å². The number of nitrogens with one attached hydrogen (secondary N) is 1. The lowest BCUT2D eigenvalue weighted by molar-refractivity contribution is -0.121. The molecule has 15 heavy (non-hydrogen) atoms. The summed E-state index contributed by atoms with van der Waals surface area (Å²) >= 11 is 0. The van der Waals surface area contributed by atoms with Crippen molar-refractivity contribution in [2.45, 2.75) is 19.0 Å². The maximum absolute atomic E-state index is 11.3. The first kappa shape index (κ1) is 10.2. The van der Waals surface area contributed by atoms with Gasteiger partial charge in [-0.1, -0.05) is 0 Å². The van der Waals surface area contributed by atoms with Crippen LogP contribution in [0.3, 0.4) is 0 Å². The summed E-state index contributed by atoms with van der Waals surface area (Å²) in [4.78, 5) is 13.6. The molecule has 1 aliphatic heterocycles. The van der Waals surface area contributed by atoms with E-state index in [2.05, 4.69) is 22.4 Å². The zero-order chi connectivity index (χ0) is 10.8. The summed E-state index contributed by atoms with van der Waals surface area (Å²) in [6, 6.07) is 2.17. The van der Waals surface area contributed by atoms with Crippen LogP contribution in [0.15, 0.2) is 12.3 Å². The molecule has 0 unspecified atom stereocenters. The minimum Gasteiger partial charge on any atom is -0.359 e. The average Bonchev–Trinajstić information content (AvgIpc) is 2.65. The van der Waals surface area contributed by atoms with Crippen LogP contribution in [-0.2, 0) is 11.3 Å². The van der Waals surface area contributed by atoms with Gasteiger partial charge in [0.1, 0.15) is 0 Å². The summed E-state index contributed by atoms with van der Waals surface area (Å²) in [5.41, 5.74) is 1.18. The van der Waals surface area contributed by atoms with Crippen LogP contribution < -0.4 is 5.32 Å². The summed E-state index contributed by atoms with van der Waals surface area (Å²) in [5, 5.41) is 6.92. The third-order valence-corrected chi connectivity index (χ3v) is 2.75. The molecule has 0 bridgehead atoms. The predicted molar refractivity (Wildman–Crippen MR) is 56.3 cm³/mol. The van der Waals surface area contributed by atoms with E-state index in [0.717, 1.165) is 13.1 Å². The maximum Gasteiger partial charge on any atom is 0.221 e. The molecule has 5 heteroatoms. The van der Waals surface area contributed by atoms with Crippen LogP contribution in [0.1, 0.15) is 18.2 Å². The Balaban J connectivity index is 2.16. The van der Waals surface area contributed by atoms with Crippen LogP contribution >= 0.6 is 0 Å². The van der Waals surface area contributed by atoms with Gasteiger partial charge in [-0.3, -0.25) is 14.4 Å². The van der Waals surface area contributed by atoms with Gasteiger partial charge in [-0.15, -0.1) is 0 Å². The first-order valence-corrected chi connectivity index (χ1v) is 5.12. The van der Waals surface area contributed by atoms with Gasteiger partial charge in [0, 0.05) is 26.3 Å². The van der Waals surface area contributed by atoms with Gasteiger partial charge in [-0.25, -0.2) is 0 Å². The predicted octanol–water partition coefficient (Wildman–Crippen LogP) is 0.00570. The van der Waals surface area contributed by atoms with E-state index in [-0.39, 0.29) is 11.9 Å². The fourth-order valence-corrected chi connectivity index (χ4v) is 2.04. The third kappa shape index (κ3) is 2.02. The molecule has 0 fully saturated rings. The van der Waals surface area contributed by atoms with Gasteiger partial charge in [0.25, 0.3) is 0 Å². The largest absolute Gasteiger partial charge is 0.359 e. The number of aromatic nitrogens is 2. The minimum absolute atomic E-state index is 0.0664. The monoisotopic (exact) mass is 208 g/mol.